The molecule has 1 saturated carbocycles. The summed E-state index contributed by atoms with van der Waals surface area (Å²) in [6, 6.07) is 5.65. The van der Waals surface area contributed by atoms with Crippen molar-refractivity contribution in [3.63, 3.8) is 0 Å². The summed E-state index contributed by atoms with van der Waals surface area (Å²) in [6.07, 6.45) is 5.69. The van der Waals surface area contributed by atoms with E-state index < -0.39 is 12.1 Å². The fourth-order valence-corrected chi connectivity index (χ4v) is 1.44. The van der Waals surface area contributed by atoms with Gasteiger partial charge in [-0.1, -0.05) is 6.07 Å². The summed E-state index contributed by atoms with van der Waals surface area (Å²) in [5.41, 5.74) is 0.662. The first-order valence-corrected chi connectivity index (χ1v) is 6.25. The van der Waals surface area contributed by atoms with E-state index in [9.17, 15) is 9.59 Å². The standard InChI is InChI=1S/C14H16N2O3/c1-10(14(18)16-12-5-6-12)19-13(17)8-7-11-4-2-3-9-15-11/h2-4,7-10,12H,5-6H2,1H3,(H,16,18). The number of pyridine rings is 1. The maximum atomic E-state index is 11.6. The molecule has 5 nitrogen and oxygen atoms in total. The van der Waals surface area contributed by atoms with Crippen molar-refractivity contribution in [2.45, 2.75) is 31.9 Å². The average molecular weight is 260 g/mol. The molecule has 0 spiro atoms. The maximum Gasteiger partial charge on any atom is 0.331 e. The molecule has 100 valence electrons. The van der Waals surface area contributed by atoms with Crippen LogP contribution in [0.15, 0.2) is 30.5 Å². The number of amides is 1. The van der Waals surface area contributed by atoms with E-state index in [1.165, 1.54) is 6.08 Å². The summed E-state index contributed by atoms with van der Waals surface area (Å²) in [7, 11) is 0. The summed E-state index contributed by atoms with van der Waals surface area (Å²) in [5.74, 6) is -0.800. The van der Waals surface area contributed by atoms with Crippen molar-refractivity contribution in [3.8, 4) is 0 Å². The molecule has 1 aromatic heterocycles. The molecule has 1 fully saturated rings. The van der Waals surface area contributed by atoms with Crippen LogP contribution >= 0.6 is 0 Å². The predicted octanol–water partition coefficient (Wildman–Crippen LogP) is 1.31. The molecule has 19 heavy (non-hydrogen) atoms. The van der Waals surface area contributed by atoms with Gasteiger partial charge in [0.05, 0.1) is 5.69 Å². The number of ether oxygens (including phenoxy) is 1. The lowest BCUT2D eigenvalue weighted by molar-refractivity contribution is -0.150. The molecule has 1 atom stereocenters. The molecular weight excluding hydrogens is 244 g/mol. The summed E-state index contributed by atoms with van der Waals surface area (Å²) in [5, 5.41) is 2.78. The molecule has 1 aliphatic carbocycles. The Kier molecular flexibility index (Phi) is 4.28. The Hall–Kier alpha value is -2.17. The summed E-state index contributed by atoms with van der Waals surface area (Å²) in [4.78, 5) is 27.1. The third kappa shape index (κ3) is 4.54. The average Bonchev–Trinajstić information content (AvgIpc) is 3.21. The van der Waals surface area contributed by atoms with Crippen LogP contribution in [0.25, 0.3) is 6.08 Å². The first-order chi connectivity index (χ1) is 9.15. The van der Waals surface area contributed by atoms with Crippen LogP contribution in [0, 0.1) is 0 Å². The molecule has 1 unspecified atom stereocenters. The van der Waals surface area contributed by atoms with Crippen molar-refractivity contribution in [2.24, 2.45) is 0 Å². The first-order valence-electron chi connectivity index (χ1n) is 6.25. The SMILES string of the molecule is CC(OC(=O)C=Cc1ccccn1)C(=O)NC1CC1. The molecule has 2 rings (SSSR count). The lowest BCUT2D eigenvalue weighted by atomic mass is 10.3. The van der Waals surface area contributed by atoms with Gasteiger partial charge in [-0.05, 0) is 38.0 Å². The molecule has 1 aliphatic rings. The lowest BCUT2D eigenvalue weighted by Crippen LogP contribution is -2.36. The Bertz CT molecular complexity index is 481. The molecule has 0 aliphatic heterocycles. The third-order valence-electron chi connectivity index (χ3n) is 2.66. The van der Waals surface area contributed by atoms with Gasteiger partial charge in [-0.25, -0.2) is 4.79 Å². The largest absolute Gasteiger partial charge is 0.449 e. The highest BCUT2D eigenvalue weighted by Crippen LogP contribution is 2.18. The smallest absolute Gasteiger partial charge is 0.331 e. The van der Waals surface area contributed by atoms with E-state index in [0.717, 1.165) is 12.8 Å². The fraction of sp³-hybridized carbons (Fsp3) is 0.357. The van der Waals surface area contributed by atoms with E-state index in [1.54, 1.807) is 31.3 Å². The number of carbonyl (C=O) groups excluding carboxylic acids is 2. The van der Waals surface area contributed by atoms with Gasteiger partial charge >= 0.3 is 5.97 Å². The predicted molar refractivity (Wildman–Crippen MR) is 70.0 cm³/mol. The molecule has 1 aromatic rings. The highest BCUT2D eigenvalue weighted by molar-refractivity contribution is 5.90. The summed E-state index contributed by atoms with van der Waals surface area (Å²) in [6.45, 7) is 1.56. The second-order valence-corrected chi connectivity index (χ2v) is 4.45. The van der Waals surface area contributed by atoms with Crippen molar-refractivity contribution in [1.29, 1.82) is 0 Å². The molecule has 1 N–H and O–H groups in total. The lowest BCUT2D eigenvalue weighted by Gasteiger charge is -2.11. The second kappa shape index (κ2) is 6.13. The Morgan fingerprint density at radius 2 is 2.26 bits per heavy atom. The molecule has 0 saturated heterocycles. The number of carbonyl (C=O) groups is 2. The van der Waals surface area contributed by atoms with Gasteiger partial charge < -0.3 is 10.1 Å². The monoisotopic (exact) mass is 260 g/mol. The fourth-order valence-electron chi connectivity index (χ4n) is 1.44. The molecule has 5 heteroatoms. The van der Waals surface area contributed by atoms with Crippen LogP contribution in [0.5, 0.6) is 0 Å². The van der Waals surface area contributed by atoms with Gasteiger partial charge in [0.25, 0.3) is 5.91 Å². The van der Waals surface area contributed by atoms with Gasteiger partial charge in [0.2, 0.25) is 0 Å². The van der Waals surface area contributed by atoms with Crippen LogP contribution in [0.4, 0.5) is 0 Å². The van der Waals surface area contributed by atoms with E-state index in [-0.39, 0.29) is 11.9 Å². The Morgan fingerprint density at radius 1 is 1.47 bits per heavy atom. The third-order valence-corrected chi connectivity index (χ3v) is 2.66. The van der Waals surface area contributed by atoms with Crippen molar-refractivity contribution < 1.29 is 14.3 Å². The van der Waals surface area contributed by atoms with Gasteiger partial charge in [-0.15, -0.1) is 0 Å². The zero-order valence-corrected chi connectivity index (χ0v) is 10.7. The van der Waals surface area contributed by atoms with E-state index in [1.807, 2.05) is 6.07 Å². The first kappa shape index (κ1) is 13.3. The number of hydrogen-bond acceptors (Lipinski definition) is 4. The van der Waals surface area contributed by atoms with Crippen molar-refractivity contribution in [3.05, 3.63) is 36.2 Å². The highest BCUT2D eigenvalue weighted by atomic mass is 16.5. The highest BCUT2D eigenvalue weighted by Gasteiger charge is 2.26. The molecule has 1 amide bonds. The van der Waals surface area contributed by atoms with Gasteiger partial charge in [0.1, 0.15) is 0 Å². The van der Waals surface area contributed by atoms with Gasteiger partial charge in [0, 0.05) is 18.3 Å². The molecular formula is C14H16N2O3. The second-order valence-electron chi connectivity index (χ2n) is 4.45. The minimum absolute atomic E-state index is 0.248. The van der Waals surface area contributed by atoms with Crippen molar-refractivity contribution in [2.75, 3.05) is 0 Å². The van der Waals surface area contributed by atoms with Gasteiger partial charge in [-0.3, -0.25) is 9.78 Å². The number of hydrogen-bond donors (Lipinski definition) is 1. The van der Waals surface area contributed by atoms with E-state index in [0.29, 0.717) is 5.69 Å². The maximum absolute atomic E-state index is 11.6. The number of nitrogens with zero attached hydrogens (tertiary/aromatic N) is 1. The normalized spacial score (nSPS) is 16.1. The minimum Gasteiger partial charge on any atom is -0.449 e. The van der Waals surface area contributed by atoms with Crippen LogP contribution in [0.2, 0.25) is 0 Å². The number of aromatic nitrogens is 1. The summed E-state index contributed by atoms with van der Waals surface area (Å²) >= 11 is 0. The van der Waals surface area contributed by atoms with Crippen LogP contribution in [-0.2, 0) is 14.3 Å². The molecule has 0 radical (unpaired) electrons. The zero-order valence-electron chi connectivity index (χ0n) is 10.7. The summed E-state index contributed by atoms with van der Waals surface area (Å²) < 4.78 is 5.00. The minimum atomic E-state index is -0.776. The molecule has 0 bridgehead atoms. The zero-order chi connectivity index (χ0) is 13.7. The Morgan fingerprint density at radius 3 is 2.89 bits per heavy atom. The Labute approximate surface area is 111 Å². The van der Waals surface area contributed by atoms with Crippen LogP contribution in [0.3, 0.4) is 0 Å². The Balaban J connectivity index is 1.79. The van der Waals surface area contributed by atoms with E-state index >= 15 is 0 Å². The topological polar surface area (TPSA) is 68.3 Å². The number of nitrogens with one attached hydrogen (secondary N) is 1. The number of esters is 1. The van der Waals surface area contributed by atoms with Crippen molar-refractivity contribution in [1.82, 2.24) is 10.3 Å². The van der Waals surface area contributed by atoms with Crippen LogP contribution in [-0.4, -0.2) is 29.0 Å². The van der Waals surface area contributed by atoms with Crippen LogP contribution < -0.4 is 5.32 Å². The molecule has 0 aromatic carbocycles. The molecule has 1 heterocycles. The van der Waals surface area contributed by atoms with E-state index in [2.05, 4.69) is 10.3 Å². The quantitative estimate of drug-likeness (QED) is 0.640. The van der Waals surface area contributed by atoms with Gasteiger partial charge in [-0.2, -0.15) is 0 Å². The van der Waals surface area contributed by atoms with Gasteiger partial charge in [0.15, 0.2) is 6.10 Å². The van der Waals surface area contributed by atoms with E-state index in [4.69, 9.17) is 4.74 Å². The van der Waals surface area contributed by atoms with Crippen LogP contribution in [0.1, 0.15) is 25.5 Å². The number of rotatable bonds is 5. The van der Waals surface area contributed by atoms with Crippen molar-refractivity contribution >= 4 is 18.0 Å².